The average molecular weight is 203 g/mol. The summed E-state index contributed by atoms with van der Waals surface area (Å²) in [6.45, 7) is 2.13. The maximum absolute atomic E-state index is 13.3. The second-order valence-corrected chi connectivity index (χ2v) is 3.22. The fourth-order valence-electron chi connectivity index (χ4n) is 1.04. The number of hydrogen-bond donors (Lipinski definition) is 1. The molecule has 4 heteroatoms. The van der Waals surface area contributed by atoms with E-state index < -0.39 is 5.82 Å². The van der Waals surface area contributed by atoms with E-state index >= 15 is 0 Å². The van der Waals surface area contributed by atoms with E-state index in [1.807, 2.05) is 12.1 Å². The number of nitrogens with one attached hydrogen (secondary N) is 1. The molecule has 0 spiro atoms. The predicted octanol–water partition coefficient (Wildman–Crippen LogP) is 2.27. The first-order valence-corrected chi connectivity index (χ1v) is 4.50. The highest BCUT2D eigenvalue weighted by molar-refractivity contribution is 5.48. The Kier molecular flexibility index (Phi) is 3.65. The van der Waals surface area contributed by atoms with Gasteiger partial charge in [0.05, 0.1) is 29.3 Å². The number of rotatable bonds is 3. The topological polar surface area (TPSA) is 59.6 Å². The van der Waals surface area contributed by atoms with Gasteiger partial charge in [-0.25, -0.2) is 4.39 Å². The van der Waals surface area contributed by atoms with Crippen LogP contribution in [0.25, 0.3) is 0 Å². The lowest BCUT2D eigenvalue weighted by atomic mass is 10.2. The van der Waals surface area contributed by atoms with Crippen LogP contribution in [0.15, 0.2) is 18.2 Å². The van der Waals surface area contributed by atoms with Gasteiger partial charge in [0, 0.05) is 6.54 Å². The zero-order valence-electron chi connectivity index (χ0n) is 8.29. The SMILES string of the molecule is C[C@@H](C#N)CNc1ccc(C#N)cc1F. The molecule has 0 heterocycles. The average Bonchev–Trinajstić information content (AvgIpc) is 2.26. The van der Waals surface area contributed by atoms with Gasteiger partial charge in [-0.15, -0.1) is 0 Å². The molecule has 0 bridgehead atoms. The van der Waals surface area contributed by atoms with Crippen LogP contribution < -0.4 is 5.32 Å². The van der Waals surface area contributed by atoms with Crippen molar-refractivity contribution in [2.24, 2.45) is 5.92 Å². The molecular formula is C11H10FN3. The van der Waals surface area contributed by atoms with Gasteiger partial charge in [-0.2, -0.15) is 10.5 Å². The molecule has 1 aromatic rings. The van der Waals surface area contributed by atoms with Gasteiger partial charge in [0.1, 0.15) is 5.82 Å². The molecule has 0 aliphatic rings. The number of nitrogens with zero attached hydrogens (tertiary/aromatic N) is 2. The number of benzene rings is 1. The van der Waals surface area contributed by atoms with Crippen molar-refractivity contribution in [1.82, 2.24) is 0 Å². The minimum absolute atomic E-state index is 0.181. The number of halogens is 1. The Morgan fingerprint density at radius 1 is 1.47 bits per heavy atom. The molecule has 1 atom stereocenters. The minimum atomic E-state index is -0.473. The summed E-state index contributed by atoms with van der Waals surface area (Å²) >= 11 is 0. The monoisotopic (exact) mass is 203 g/mol. The fourth-order valence-corrected chi connectivity index (χ4v) is 1.04. The largest absolute Gasteiger partial charge is 0.381 e. The van der Waals surface area contributed by atoms with Crippen LogP contribution in [-0.2, 0) is 0 Å². The van der Waals surface area contributed by atoms with Crippen LogP contribution in [0.3, 0.4) is 0 Å². The van der Waals surface area contributed by atoms with Crippen molar-refractivity contribution in [3.63, 3.8) is 0 Å². The molecule has 1 aromatic carbocycles. The first-order chi connectivity index (χ1) is 7.17. The highest BCUT2D eigenvalue weighted by Gasteiger charge is 2.04. The summed E-state index contributed by atoms with van der Waals surface area (Å²) < 4.78 is 13.3. The molecule has 0 radical (unpaired) electrons. The van der Waals surface area contributed by atoms with Crippen LogP contribution in [0.2, 0.25) is 0 Å². The van der Waals surface area contributed by atoms with Crippen molar-refractivity contribution in [2.75, 3.05) is 11.9 Å². The number of nitriles is 2. The second-order valence-electron chi connectivity index (χ2n) is 3.22. The van der Waals surface area contributed by atoms with Gasteiger partial charge >= 0.3 is 0 Å². The van der Waals surface area contributed by atoms with Crippen LogP contribution in [0, 0.1) is 34.4 Å². The first kappa shape index (κ1) is 11.0. The van der Waals surface area contributed by atoms with E-state index in [0.717, 1.165) is 0 Å². The third-order valence-electron chi connectivity index (χ3n) is 1.92. The van der Waals surface area contributed by atoms with Gasteiger partial charge in [0.15, 0.2) is 0 Å². The van der Waals surface area contributed by atoms with Crippen LogP contribution in [-0.4, -0.2) is 6.54 Å². The lowest BCUT2D eigenvalue weighted by molar-refractivity contribution is 0.627. The molecule has 3 nitrogen and oxygen atoms in total. The molecule has 0 fully saturated rings. The van der Waals surface area contributed by atoms with Gasteiger partial charge < -0.3 is 5.32 Å². The normalized spacial score (nSPS) is 11.2. The van der Waals surface area contributed by atoms with Crippen LogP contribution in [0.4, 0.5) is 10.1 Å². The molecule has 76 valence electrons. The van der Waals surface area contributed by atoms with E-state index in [1.54, 1.807) is 6.92 Å². The molecule has 15 heavy (non-hydrogen) atoms. The van der Waals surface area contributed by atoms with Crippen molar-refractivity contribution in [3.05, 3.63) is 29.6 Å². The van der Waals surface area contributed by atoms with Crippen molar-refractivity contribution >= 4 is 5.69 Å². The smallest absolute Gasteiger partial charge is 0.147 e. The number of anilines is 1. The molecule has 0 aromatic heterocycles. The molecule has 0 amide bonds. The summed E-state index contributed by atoms with van der Waals surface area (Å²) in [6.07, 6.45) is 0. The van der Waals surface area contributed by atoms with Crippen LogP contribution in [0.1, 0.15) is 12.5 Å². The summed E-state index contributed by atoms with van der Waals surface area (Å²) in [5, 5.41) is 19.9. The fraction of sp³-hybridized carbons (Fsp3) is 0.273. The lowest BCUT2D eigenvalue weighted by Gasteiger charge is -2.08. The van der Waals surface area contributed by atoms with E-state index in [-0.39, 0.29) is 11.5 Å². The molecule has 1 N–H and O–H groups in total. The summed E-state index contributed by atoms with van der Waals surface area (Å²) in [7, 11) is 0. The van der Waals surface area contributed by atoms with Crippen molar-refractivity contribution in [3.8, 4) is 12.1 Å². The van der Waals surface area contributed by atoms with E-state index in [0.29, 0.717) is 12.2 Å². The molecule has 0 saturated heterocycles. The Bertz CT molecular complexity index is 428. The van der Waals surface area contributed by atoms with Crippen LogP contribution in [0.5, 0.6) is 0 Å². The first-order valence-electron chi connectivity index (χ1n) is 4.50. The Morgan fingerprint density at radius 3 is 2.73 bits per heavy atom. The standard InChI is InChI=1S/C11H10FN3/c1-8(5-13)7-15-11-3-2-9(6-14)4-10(11)12/h2-4,8,15H,7H2,1H3/t8-/m0/s1. The maximum Gasteiger partial charge on any atom is 0.147 e. The minimum Gasteiger partial charge on any atom is -0.381 e. The van der Waals surface area contributed by atoms with Gasteiger partial charge in [0.2, 0.25) is 0 Å². The predicted molar refractivity (Wildman–Crippen MR) is 54.4 cm³/mol. The van der Waals surface area contributed by atoms with E-state index in [2.05, 4.69) is 5.32 Å². The third-order valence-corrected chi connectivity index (χ3v) is 1.92. The van der Waals surface area contributed by atoms with Crippen molar-refractivity contribution in [2.45, 2.75) is 6.92 Å². The third kappa shape index (κ3) is 2.96. The molecule has 0 saturated carbocycles. The molecule has 0 aliphatic heterocycles. The Morgan fingerprint density at radius 2 is 2.20 bits per heavy atom. The second kappa shape index (κ2) is 4.97. The lowest BCUT2D eigenvalue weighted by Crippen LogP contribution is -2.10. The van der Waals surface area contributed by atoms with Crippen molar-refractivity contribution in [1.29, 1.82) is 10.5 Å². The Labute approximate surface area is 87.8 Å². The summed E-state index contributed by atoms with van der Waals surface area (Å²) in [5.41, 5.74) is 0.600. The van der Waals surface area contributed by atoms with Gasteiger partial charge in [-0.3, -0.25) is 0 Å². The van der Waals surface area contributed by atoms with Gasteiger partial charge in [-0.05, 0) is 25.1 Å². The number of hydrogen-bond acceptors (Lipinski definition) is 3. The van der Waals surface area contributed by atoms with E-state index in [9.17, 15) is 4.39 Å². The zero-order valence-corrected chi connectivity index (χ0v) is 8.29. The molecular weight excluding hydrogens is 193 g/mol. The maximum atomic E-state index is 13.3. The highest BCUT2D eigenvalue weighted by atomic mass is 19.1. The summed E-state index contributed by atoms with van der Waals surface area (Å²) in [5.74, 6) is -0.653. The van der Waals surface area contributed by atoms with Gasteiger partial charge in [0.25, 0.3) is 0 Å². The Hall–Kier alpha value is -2.07. The molecule has 0 unspecified atom stereocenters. The van der Waals surface area contributed by atoms with Crippen molar-refractivity contribution < 1.29 is 4.39 Å². The highest BCUT2D eigenvalue weighted by Crippen LogP contribution is 2.15. The summed E-state index contributed by atoms with van der Waals surface area (Å²) in [6, 6.07) is 8.09. The summed E-state index contributed by atoms with van der Waals surface area (Å²) in [4.78, 5) is 0. The van der Waals surface area contributed by atoms with E-state index in [4.69, 9.17) is 10.5 Å². The van der Waals surface area contributed by atoms with Crippen LogP contribution >= 0.6 is 0 Å². The molecule has 1 rings (SSSR count). The quantitative estimate of drug-likeness (QED) is 0.819. The zero-order chi connectivity index (χ0) is 11.3. The Balaban J connectivity index is 2.72. The molecule has 0 aliphatic carbocycles. The van der Waals surface area contributed by atoms with E-state index in [1.165, 1.54) is 18.2 Å². The van der Waals surface area contributed by atoms with Gasteiger partial charge in [-0.1, -0.05) is 0 Å².